The molecule has 0 spiro atoms. The number of ether oxygens (including phenoxy) is 1. The van der Waals surface area contributed by atoms with Crippen LogP contribution in [0.1, 0.15) is 24.7 Å². The van der Waals surface area contributed by atoms with Crippen LogP contribution in [0.3, 0.4) is 0 Å². The van der Waals surface area contributed by atoms with Crippen molar-refractivity contribution in [3.05, 3.63) is 84.4 Å². The van der Waals surface area contributed by atoms with E-state index in [0.29, 0.717) is 18.0 Å². The maximum absolute atomic E-state index is 13.2. The van der Waals surface area contributed by atoms with Gasteiger partial charge in [-0.05, 0) is 48.9 Å². The molecule has 2 amide bonds. The third-order valence-electron chi connectivity index (χ3n) is 4.21. The molecule has 3 aromatic carbocycles. The van der Waals surface area contributed by atoms with Gasteiger partial charge in [0.1, 0.15) is 11.0 Å². The van der Waals surface area contributed by atoms with Crippen LogP contribution in [0.25, 0.3) is 0 Å². The number of carbonyl (C=O) groups excluding carboxylic acids is 2. The molecule has 0 heterocycles. The predicted molar refractivity (Wildman–Crippen MR) is 122 cm³/mol. The quantitative estimate of drug-likeness (QED) is 0.471. The summed E-state index contributed by atoms with van der Waals surface area (Å²) in [4.78, 5) is 25.4. The van der Waals surface area contributed by atoms with Crippen molar-refractivity contribution in [1.82, 2.24) is 0 Å². The molecular formula is C24H24N2O3S. The summed E-state index contributed by atoms with van der Waals surface area (Å²) >= 11 is 1.45. The van der Waals surface area contributed by atoms with Crippen molar-refractivity contribution in [3.63, 3.8) is 0 Å². The van der Waals surface area contributed by atoms with Crippen LogP contribution in [0.15, 0.2) is 83.8 Å². The van der Waals surface area contributed by atoms with E-state index in [2.05, 4.69) is 10.6 Å². The van der Waals surface area contributed by atoms with Crippen molar-refractivity contribution >= 4 is 35.0 Å². The van der Waals surface area contributed by atoms with Crippen molar-refractivity contribution < 1.29 is 14.3 Å². The van der Waals surface area contributed by atoms with Crippen LogP contribution >= 0.6 is 11.8 Å². The molecule has 2 N–H and O–H groups in total. The number of thioether (sulfide) groups is 1. The van der Waals surface area contributed by atoms with Gasteiger partial charge in [-0.25, -0.2) is 0 Å². The number of carbonyl (C=O) groups is 2. The molecule has 154 valence electrons. The Kier molecular flexibility index (Phi) is 7.51. The zero-order valence-electron chi connectivity index (χ0n) is 16.9. The van der Waals surface area contributed by atoms with E-state index in [4.69, 9.17) is 4.74 Å². The fourth-order valence-electron chi connectivity index (χ4n) is 2.91. The first-order valence-corrected chi connectivity index (χ1v) is 10.6. The smallest absolute Gasteiger partial charge is 0.242 e. The zero-order chi connectivity index (χ0) is 21.3. The average Bonchev–Trinajstić information content (AvgIpc) is 2.75. The Labute approximate surface area is 180 Å². The van der Waals surface area contributed by atoms with Gasteiger partial charge in [0, 0.05) is 17.5 Å². The first-order valence-electron chi connectivity index (χ1n) is 9.68. The Hall–Kier alpha value is -3.25. The maximum atomic E-state index is 13.2. The summed E-state index contributed by atoms with van der Waals surface area (Å²) in [6.45, 7) is 3.90. The van der Waals surface area contributed by atoms with Gasteiger partial charge in [-0.1, -0.05) is 42.5 Å². The molecule has 6 heteroatoms. The van der Waals surface area contributed by atoms with E-state index >= 15 is 0 Å². The van der Waals surface area contributed by atoms with Gasteiger partial charge in [0.25, 0.3) is 0 Å². The van der Waals surface area contributed by atoms with Gasteiger partial charge in [-0.2, -0.15) is 0 Å². The summed E-state index contributed by atoms with van der Waals surface area (Å²) in [6, 6.07) is 24.5. The highest BCUT2D eigenvalue weighted by Crippen LogP contribution is 2.37. The molecule has 0 aliphatic rings. The average molecular weight is 421 g/mol. The van der Waals surface area contributed by atoms with E-state index in [1.807, 2.05) is 85.8 Å². The van der Waals surface area contributed by atoms with Gasteiger partial charge in [0.05, 0.1) is 12.3 Å². The van der Waals surface area contributed by atoms with Crippen LogP contribution in [0.5, 0.6) is 5.75 Å². The Morgan fingerprint density at radius 3 is 2.23 bits per heavy atom. The lowest BCUT2D eigenvalue weighted by atomic mass is 10.1. The van der Waals surface area contributed by atoms with Crippen LogP contribution < -0.4 is 15.4 Å². The Morgan fingerprint density at radius 1 is 0.900 bits per heavy atom. The summed E-state index contributed by atoms with van der Waals surface area (Å²) in [6.07, 6.45) is 0. The molecule has 1 unspecified atom stereocenters. The van der Waals surface area contributed by atoms with E-state index in [0.717, 1.165) is 16.1 Å². The van der Waals surface area contributed by atoms with Gasteiger partial charge < -0.3 is 15.4 Å². The minimum atomic E-state index is -0.451. The lowest BCUT2D eigenvalue weighted by Crippen LogP contribution is -2.19. The number of rotatable bonds is 8. The third-order valence-corrected chi connectivity index (χ3v) is 5.48. The fourth-order valence-corrected chi connectivity index (χ4v) is 3.93. The van der Waals surface area contributed by atoms with Gasteiger partial charge in [0.2, 0.25) is 11.8 Å². The predicted octanol–water partition coefficient (Wildman–Crippen LogP) is 5.52. The van der Waals surface area contributed by atoms with E-state index in [-0.39, 0.29) is 11.8 Å². The number of anilines is 2. The maximum Gasteiger partial charge on any atom is 0.242 e. The van der Waals surface area contributed by atoms with Crippen LogP contribution in [0, 0.1) is 0 Å². The SMILES string of the molecule is CCOc1ccccc1NC(=O)C(Sc1ccc(NC(C)=O)cc1)c1ccccc1. The molecule has 3 aromatic rings. The monoisotopic (exact) mass is 420 g/mol. The molecule has 0 aliphatic heterocycles. The van der Waals surface area contributed by atoms with Crippen molar-refractivity contribution in [2.45, 2.75) is 24.0 Å². The van der Waals surface area contributed by atoms with Crippen molar-refractivity contribution in [1.29, 1.82) is 0 Å². The number of hydrogen-bond acceptors (Lipinski definition) is 4. The topological polar surface area (TPSA) is 67.4 Å². The van der Waals surface area contributed by atoms with Crippen LogP contribution in [-0.2, 0) is 9.59 Å². The molecule has 0 aliphatic carbocycles. The summed E-state index contributed by atoms with van der Waals surface area (Å²) in [5, 5.41) is 5.31. The third kappa shape index (κ3) is 5.87. The first kappa shape index (κ1) is 21.5. The lowest BCUT2D eigenvalue weighted by molar-refractivity contribution is -0.116. The molecule has 5 nitrogen and oxygen atoms in total. The lowest BCUT2D eigenvalue weighted by Gasteiger charge is -2.18. The van der Waals surface area contributed by atoms with Crippen LogP contribution in [0.2, 0.25) is 0 Å². The molecule has 0 radical (unpaired) electrons. The summed E-state index contributed by atoms with van der Waals surface area (Å²) in [5.74, 6) is 0.388. The number of para-hydroxylation sites is 2. The molecule has 0 saturated carbocycles. The second-order valence-electron chi connectivity index (χ2n) is 6.53. The number of nitrogens with one attached hydrogen (secondary N) is 2. The van der Waals surface area contributed by atoms with E-state index < -0.39 is 5.25 Å². The van der Waals surface area contributed by atoms with Crippen molar-refractivity contribution in [2.24, 2.45) is 0 Å². The Balaban J connectivity index is 1.83. The minimum Gasteiger partial charge on any atom is -0.492 e. The Morgan fingerprint density at radius 2 is 1.57 bits per heavy atom. The second-order valence-corrected chi connectivity index (χ2v) is 7.71. The molecule has 0 saturated heterocycles. The number of amides is 2. The normalized spacial score (nSPS) is 11.4. The summed E-state index contributed by atoms with van der Waals surface area (Å²) in [5.41, 5.74) is 2.27. The zero-order valence-corrected chi connectivity index (χ0v) is 17.7. The molecule has 3 rings (SSSR count). The summed E-state index contributed by atoms with van der Waals surface area (Å²) in [7, 11) is 0. The first-order chi connectivity index (χ1) is 14.6. The van der Waals surface area contributed by atoms with Gasteiger partial charge in [-0.3, -0.25) is 9.59 Å². The van der Waals surface area contributed by atoms with Crippen molar-refractivity contribution in [3.8, 4) is 5.75 Å². The van der Waals surface area contributed by atoms with Crippen LogP contribution in [-0.4, -0.2) is 18.4 Å². The van der Waals surface area contributed by atoms with Crippen molar-refractivity contribution in [2.75, 3.05) is 17.2 Å². The molecule has 0 bridgehead atoms. The van der Waals surface area contributed by atoms with Gasteiger partial charge >= 0.3 is 0 Å². The number of benzene rings is 3. The van der Waals surface area contributed by atoms with Crippen LogP contribution in [0.4, 0.5) is 11.4 Å². The Bertz CT molecular complexity index is 991. The minimum absolute atomic E-state index is 0.120. The summed E-state index contributed by atoms with van der Waals surface area (Å²) < 4.78 is 5.63. The van der Waals surface area contributed by atoms with E-state index in [1.54, 1.807) is 0 Å². The molecule has 30 heavy (non-hydrogen) atoms. The highest BCUT2D eigenvalue weighted by molar-refractivity contribution is 8.00. The molecular weight excluding hydrogens is 396 g/mol. The molecule has 0 aromatic heterocycles. The highest BCUT2D eigenvalue weighted by atomic mass is 32.2. The molecule has 1 atom stereocenters. The van der Waals surface area contributed by atoms with Gasteiger partial charge in [0.15, 0.2) is 0 Å². The largest absolute Gasteiger partial charge is 0.492 e. The van der Waals surface area contributed by atoms with E-state index in [1.165, 1.54) is 18.7 Å². The number of hydrogen-bond donors (Lipinski definition) is 2. The molecule has 0 fully saturated rings. The standard InChI is InChI=1S/C24H24N2O3S/c1-3-29-22-12-8-7-11-21(22)26-24(28)23(18-9-5-4-6-10-18)30-20-15-13-19(14-16-20)25-17(2)27/h4-16,23H,3H2,1-2H3,(H,25,27)(H,26,28). The van der Waals surface area contributed by atoms with Gasteiger partial charge in [-0.15, -0.1) is 11.8 Å². The fraction of sp³-hybridized carbons (Fsp3) is 0.167. The van der Waals surface area contributed by atoms with E-state index in [9.17, 15) is 9.59 Å². The second kappa shape index (κ2) is 10.5. The highest BCUT2D eigenvalue weighted by Gasteiger charge is 2.23.